The minimum atomic E-state index is -2.38. The van der Waals surface area contributed by atoms with Crippen LogP contribution in [-0.2, 0) is 15.9 Å². The summed E-state index contributed by atoms with van der Waals surface area (Å²) in [6.07, 6.45) is 0. The van der Waals surface area contributed by atoms with Crippen molar-refractivity contribution in [2.24, 2.45) is 0 Å². The van der Waals surface area contributed by atoms with Gasteiger partial charge >= 0.3 is 5.62 Å². The van der Waals surface area contributed by atoms with Crippen LogP contribution >= 0.6 is 0 Å². The highest BCUT2D eigenvalue weighted by Crippen LogP contribution is 1.51. The van der Waals surface area contributed by atoms with Crippen LogP contribution in [0.2, 0.25) is 0 Å². The van der Waals surface area contributed by atoms with E-state index in [2.05, 4.69) is 0 Å². The lowest BCUT2D eigenvalue weighted by atomic mass is 11.8. The third kappa shape index (κ3) is 3.78. The first-order chi connectivity index (χ1) is 2.27. The summed E-state index contributed by atoms with van der Waals surface area (Å²) in [6, 6.07) is 0. The maximum absolute atomic E-state index is 9.06. The maximum atomic E-state index is 9.06. The average Bonchev–Trinajstić information content (AvgIpc) is 1.38. The first-order valence-corrected chi connectivity index (χ1v) is 1.86. The number of hydrogen-bond acceptors (Lipinski definition) is 2. The summed E-state index contributed by atoms with van der Waals surface area (Å²) in [5.41, 5.74) is 0.806. The van der Waals surface area contributed by atoms with Crippen molar-refractivity contribution < 1.29 is 13.6 Å². The molecule has 0 aliphatic carbocycles. The molecule has 0 rings (SSSR count). The molecular formula is CHO3S. The summed E-state index contributed by atoms with van der Waals surface area (Å²) in [5.74, 6) is 0. The van der Waals surface area contributed by atoms with Crippen molar-refractivity contribution >= 4 is 16.7 Å². The number of hydrogen-bond donors (Lipinski definition) is 1. The fourth-order valence-electron chi connectivity index (χ4n) is 0. The highest BCUT2D eigenvalue weighted by Gasteiger charge is 1.79. The normalized spacial score (nSPS) is 13.8. The minimum absolute atomic E-state index is 0.806. The van der Waals surface area contributed by atoms with E-state index in [1.807, 2.05) is 0 Å². The molecular weight excluding hydrogens is 92.1 g/mol. The molecule has 0 aromatic rings. The molecule has 0 aromatic carbocycles. The molecule has 1 N–H and O–H groups in total. The van der Waals surface area contributed by atoms with Gasteiger partial charge in [0.15, 0.2) is 0 Å². The van der Waals surface area contributed by atoms with Crippen LogP contribution in [0.15, 0.2) is 0 Å². The van der Waals surface area contributed by atoms with Gasteiger partial charge in [-0.25, -0.2) is 4.21 Å². The molecule has 0 saturated carbocycles. The summed E-state index contributed by atoms with van der Waals surface area (Å²) in [7, 11) is 0. The molecule has 3 nitrogen and oxygen atoms in total. The molecule has 0 bridgehead atoms. The zero-order valence-electron chi connectivity index (χ0n) is 2.17. The fraction of sp³-hybridized carbons (Fsp3) is 0. The molecule has 0 amide bonds. The van der Waals surface area contributed by atoms with Crippen molar-refractivity contribution in [3.8, 4) is 0 Å². The lowest BCUT2D eigenvalue weighted by Gasteiger charge is -1.58. The zero-order chi connectivity index (χ0) is 4.28. The molecule has 1 atom stereocenters. The number of carbonyl (C=O) groups excluding carboxylic acids is 1. The van der Waals surface area contributed by atoms with Crippen molar-refractivity contribution in [1.29, 1.82) is 0 Å². The third-order valence-corrected chi connectivity index (χ3v) is 0.214. The number of rotatable bonds is 1. The first kappa shape index (κ1) is 4.78. The van der Waals surface area contributed by atoms with Gasteiger partial charge in [0.1, 0.15) is 0 Å². The van der Waals surface area contributed by atoms with Gasteiger partial charge in [-0.15, -0.1) is 0 Å². The van der Waals surface area contributed by atoms with Gasteiger partial charge in [-0.05, 0) is 0 Å². The van der Waals surface area contributed by atoms with Crippen LogP contribution in [-0.4, -0.2) is 14.4 Å². The second-order valence-corrected chi connectivity index (χ2v) is 0.997. The topological polar surface area (TPSA) is 54.4 Å². The van der Waals surface area contributed by atoms with Crippen molar-refractivity contribution in [3.05, 3.63) is 0 Å². The molecule has 0 aliphatic heterocycles. The van der Waals surface area contributed by atoms with E-state index in [-0.39, 0.29) is 0 Å². The van der Waals surface area contributed by atoms with Crippen LogP contribution in [0.5, 0.6) is 0 Å². The standard InChI is InChI=1S/CHO3S/c2-1-5(3)4/h(H,3,4). The van der Waals surface area contributed by atoms with Gasteiger partial charge in [0, 0.05) is 0 Å². The molecule has 0 heterocycles. The lowest BCUT2D eigenvalue weighted by Crippen LogP contribution is -1.81. The van der Waals surface area contributed by atoms with Gasteiger partial charge < -0.3 is 0 Å². The Bertz CT molecular complexity index is 57.9. The summed E-state index contributed by atoms with van der Waals surface area (Å²) < 4.78 is 16.5. The summed E-state index contributed by atoms with van der Waals surface area (Å²) in [5, 5.41) is 0. The van der Waals surface area contributed by atoms with Crippen molar-refractivity contribution in [1.82, 2.24) is 0 Å². The summed E-state index contributed by atoms with van der Waals surface area (Å²) in [6.45, 7) is 0. The molecule has 5 heavy (non-hydrogen) atoms. The highest BCUT2D eigenvalue weighted by atomic mass is 32.2. The van der Waals surface area contributed by atoms with E-state index in [9.17, 15) is 0 Å². The van der Waals surface area contributed by atoms with Crippen molar-refractivity contribution in [2.75, 3.05) is 0 Å². The quantitative estimate of drug-likeness (QED) is 0.435. The first-order valence-electron chi connectivity index (χ1n) is 0.757. The maximum Gasteiger partial charge on any atom is 0.327 e. The Hall–Kier alpha value is -0.220. The second-order valence-electron chi connectivity index (χ2n) is 0.332. The average molecular weight is 93.1 g/mol. The van der Waals surface area contributed by atoms with E-state index in [4.69, 9.17) is 13.6 Å². The molecule has 0 aliphatic rings. The van der Waals surface area contributed by atoms with Crippen LogP contribution in [0.3, 0.4) is 0 Å². The lowest BCUT2D eigenvalue weighted by molar-refractivity contribution is 0.545. The monoisotopic (exact) mass is 93.0 g/mol. The van der Waals surface area contributed by atoms with Crippen molar-refractivity contribution in [2.45, 2.75) is 0 Å². The Morgan fingerprint density at radius 3 is 2.00 bits per heavy atom. The Morgan fingerprint density at radius 1 is 1.80 bits per heavy atom. The van der Waals surface area contributed by atoms with E-state index in [1.54, 1.807) is 0 Å². The molecule has 4 heteroatoms. The van der Waals surface area contributed by atoms with Gasteiger partial charge in [-0.2, -0.15) is 0 Å². The molecule has 0 saturated heterocycles. The SMILES string of the molecule is O=[C]S(=O)O. The van der Waals surface area contributed by atoms with Crippen LogP contribution in [0.4, 0.5) is 0 Å². The minimum Gasteiger partial charge on any atom is -0.300 e. The molecule has 1 unspecified atom stereocenters. The van der Waals surface area contributed by atoms with E-state index in [1.165, 1.54) is 0 Å². The molecule has 29 valence electrons. The van der Waals surface area contributed by atoms with E-state index >= 15 is 0 Å². The van der Waals surface area contributed by atoms with Crippen LogP contribution in [0, 0.1) is 0 Å². The Kier molecular flexibility index (Phi) is 1.95. The molecule has 0 aromatic heterocycles. The van der Waals surface area contributed by atoms with Crippen LogP contribution in [0.1, 0.15) is 0 Å². The predicted molar refractivity (Wildman–Crippen MR) is 16.5 cm³/mol. The molecule has 0 spiro atoms. The van der Waals surface area contributed by atoms with Gasteiger partial charge in [-0.1, -0.05) is 0 Å². The predicted octanol–water partition coefficient (Wildman–Crippen LogP) is -0.725. The Labute approximate surface area is 31.3 Å². The van der Waals surface area contributed by atoms with Gasteiger partial charge in [0.2, 0.25) is 11.1 Å². The molecule has 0 fully saturated rings. The Balaban J connectivity index is 3.20. The van der Waals surface area contributed by atoms with Crippen molar-refractivity contribution in [3.63, 3.8) is 0 Å². The smallest absolute Gasteiger partial charge is 0.300 e. The van der Waals surface area contributed by atoms with Crippen LogP contribution in [0.25, 0.3) is 0 Å². The van der Waals surface area contributed by atoms with E-state index in [0.717, 1.165) is 5.62 Å². The van der Waals surface area contributed by atoms with Gasteiger partial charge in [0.25, 0.3) is 0 Å². The van der Waals surface area contributed by atoms with Gasteiger partial charge in [-0.3, -0.25) is 9.35 Å². The highest BCUT2D eigenvalue weighted by molar-refractivity contribution is 7.93. The summed E-state index contributed by atoms with van der Waals surface area (Å²) >= 11 is -2.38. The van der Waals surface area contributed by atoms with E-state index < -0.39 is 11.1 Å². The second kappa shape index (κ2) is 2.04. The third-order valence-electron chi connectivity index (χ3n) is 0.0713. The zero-order valence-corrected chi connectivity index (χ0v) is 2.99. The Morgan fingerprint density at radius 2 is 2.00 bits per heavy atom. The van der Waals surface area contributed by atoms with Gasteiger partial charge in [0.05, 0.1) is 0 Å². The molecule has 1 radical (unpaired) electrons. The summed E-state index contributed by atoms with van der Waals surface area (Å²) in [4.78, 5) is 8.83. The largest absolute Gasteiger partial charge is 0.327 e. The van der Waals surface area contributed by atoms with Crippen LogP contribution < -0.4 is 0 Å². The fourth-order valence-corrected chi connectivity index (χ4v) is 0. The van der Waals surface area contributed by atoms with E-state index in [0.29, 0.717) is 0 Å².